The van der Waals surface area contributed by atoms with E-state index < -0.39 is 15.7 Å². The molecule has 1 aromatic carbocycles. The van der Waals surface area contributed by atoms with Gasteiger partial charge in [0.1, 0.15) is 18.3 Å². The van der Waals surface area contributed by atoms with Crippen LogP contribution in [0.15, 0.2) is 30.9 Å². The van der Waals surface area contributed by atoms with Crippen LogP contribution in [0.4, 0.5) is 10.1 Å². The SMILES string of the molecule is O=S1(=O)CCCC(Nc2ccc(-n3cncn3)c(F)c2)C1. The van der Waals surface area contributed by atoms with E-state index in [0.717, 1.165) is 6.42 Å². The summed E-state index contributed by atoms with van der Waals surface area (Å²) in [5, 5.41) is 6.96. The van der Waals surface area contributed by atoms with Gasteiger partial charge in [0.2, 0.25) is 0 Å². The zero-order valence-electron chi connectivity index (χ0n) is 11.2. The van der Waals surface area contributed by atoms with Gasteiger partial charge in [0.05, 0.1) is 11.5 Å². The number of halogens is 1. The van der Waals surface area contributed by atoms with Crippen molar-refractivity contribution >= 4 is 15.5 Å². The average molecular weight is 310 g/mol. The molecule has 1 N–H and O–H groups in total. The molecule has 1 fully saturated rings. The second-order valence-electron chi connectivity index (χ2n) is 5.10. The van der Waals surface area contributed by atoms with Gasteiger partial charge in [-0.25, -0.2) is 22.5 Å². The molecule has 0 saturated carbocycles. The van der Waals surface area contributed by atoms with E-state index in [4.69, 9.17) is 0 Å². The van der Waals surface area contributed by atoms with E-state index in [-0.39, 0.29) is 17.5 Å². The molecule has 0 spiro atoms. The standard InChI is InChI=1S/C13H15FN4O2S/c14-12-6-10(3-4-13(12)18-9-15-8-16-18)17-11-2-1-5-21(19,20)7-11/h3-4,6,8-9,11,17H,1-2,5,7H2. The molecule has 1 atom stereocenters. The highest BCUT2D eigenvalue weighted by molar-refractivity contribution is 7.91. The Morgan fingerprint density at radius 3 is 2.90 bits per heavy atom. The number of rotatable bonds is 3. The maximum absolute atomic E-state index is 14.1. The van der Waals surface area contributed by atoms with Gasteiger partial charge in [0, 0.05) is 11.7 Å². The Labute approximate surface area is 121 Å². The van der Waals surface area contributed by atoms with Crippen molar-refractivity contribution in [2.24, 2.45) is 0 Å². The van der Waals surface area contributed by atoms with Crippen LogP contribution < -0.4 is 5.32 Å². The lowest BCUT2D eigenvalue weighted by Gasteiger charge is -2.24. The van der Waals surface area contributed by atoms with Gasteiger partial charge in [0.15, 0.2) is 15.7 Å². The van der Waals surface area contributed by atoms with E-state index in [9.17, 15) is 12.8 Å². The summed E-state index contributed by atoms with van der Waals surface area (Å²) in [6, 6.07) is 4.48. The zero-order valence-corrected chi connectivity index (χ0v) is 12.1. The lowest BCUT2D eigenvalue weighted by molar-refractivity contribution is 0.561. The first-order valence-corrected chi connectivity index (χ1v) is 8.47. The minimum atomic E-state index is -2.98. The third kappa shape index (κ3) is 3.21. The number of hydrogen-bond donors (Lipinski definition) is 1. The Bertz CT molecular complexity index is 731. The number of anilines is 1. The summed E-state index contributed by atoms with van der Waals surface area (Å²) in [5.74, 6) is -0.103. The molecule has 8 heteroatoms. The highest BCUT2D eigenvalue weighted by atomic mass is 32.2. The molecule has 1 saturated heterocycles. The zero-order chi connectivity index (χ0) is 14.9. The van der Waals surface area contributed by atoms with E-state index in [2.05, 4.69) is 15.4 Å². The Hall–Kier alpha value is -1.96. The number of aromatic nitrogens is 3. The molecule has 3 rings (SSSR count). The number of benzene rings is 1. The van der Waals surface area contributed by atoms with E-state index in [1.807, 2.05) is 0 Å². The summed E-state index contributed by atoms with van der Waals surface area (Å²) in [4.78, 5) is 3.77. The molecule has 1 aliphatic heterocycles. The highest BCUT2D eigenvalue weighted by Crippen LogP contribution is 2.21. The van der Waals surface area contributed by atoms with Crippen molar-refractivity contribution in [2.45, 2.75) is 18.9 Å². The predicted octanol–water partition coefficient (Wildman–Crippen LogP) is 1.40. The van der Waals surface area contributed by atoms with Crippen LogP contribution in [-0.2, 0) is 9.84 Å². The molecular weight excluding hydrogens is 295 g/mol. The third-order valence-electron chi connectivity index (χ3n) is 3.45. The van der Waals surface area contributed by atoms with Crippen LogP contribution in [0, 0.1) is 5.82 Å². The van der Waals surface area contributed by atoms with Gasteiger partial charge in [-0.05, 0) is 31.0 Å². The molecule has 0 bridgehead atoms. The molecule has 0 aliphatic carbocycles. The van der Waals surface area contributed by atoms with Crippen molar-refractivity contribution < 1.29 is 12.8 Å². The van der Waals surface area contributed by atoms with E-state index in [1.54, 1.807) is 12.1 Å². The Kier molecular flexibility index (Phi) is 3.62. The van der Waals surface area contributed by atoms with E-state index in [1.165, 1.54) is 23.4 Å². The van der Waals surface area contributed by atoms with Gasteiger partial charge in [-0.15, -0.1) is 0 Å². The molecule has 1 aliphatic rings. The fourth-order valence-electron chi connectivity index (χ4n) is 2.49. The quantitative estimate of drug-likeness (QED) is 0.927. The van der Waals surface area contributed by atoms with Crippen LogP contribution >= 0.6 is 0 Å². The largest absolute Gasteiger partial charge is 0.381 e. The summed E-state index contributed by atoms with van der Waals surface area (Å²) in [5.41, 5.74) is 0.868. The second kappa shape index (κ2) is 5.44. The van der Waals surface area contributed by atoms with Crippen LogP contribution in [0.1, 0.15) is 12.8 Å². The molecule has 21 heavy (non-hydrogen) atoms. The Morgan fingerprint density at radius 2 is 2.24 bits per heavy atom. The molecule has 2 heterocycles. The molecule has 1 aromatic heterocycles. The van der Waals surface area contributed by atoms with Gasteiger partial charge < -0.3 is 5.32 Å². The smallest absolute Gasteiger partial charge is 0.152 e. The van der Waals surface area contributed by atoms with Crippen molar-refractivity contribution in [1.29, 1.82) is 0 Å². The number of nitrogens with zero attached hydrogens (tertiary/aromatic N) is 3. The van der Waals surface area contributed by atoms with Crippen LogP contribution in [-0.4, -0.2) is 40.7 Å². The minimum Gasteiger partial charge on any atom is -0.381 e. The van der Waals surface area contributed by atoms with Crippen LogP contribution in [0.5, 0.6) is 0 Å². The predicted molar refractivity (Wildman–Crippen MR) is 76.6 cm³/mol. The lowest BCUT2D eigenvalue weighted by Crippen LogP contribution is -2.34. The molecule has 1 unspecified atom stereocenters. The number of sulfone groups is 1. The maximum Gasteiger partial charge on any atom is 0.152 e. The lowest BCUT2D eigenvalue weighted by atomic mass is 10.1. The molecule has 0 radical (unpaired) electrons. The third-order valence-corrected chi connectivity index (χ3v) is 5.27. The summed E-state index contributed by atoms with van der Waals surface area (Å²) in [6.07, 6.45) is 4.16. The Morgan fingerprint density at radius 1 is 1.38 bits per heavy atom. The molecule has 112 valence electrons. The average Bonchev–Trinajstić information content (AvgIpc) is 2.91. The second-order valence-corrected chi connectivity index (χ2v) is 7.33. The van der Waals surface area contributed by atoms with Crippen molar-refractivity contribution in [3.63, 3.8) is 0 Å². The summed E-state index contributed by atoms with van der Waals surface area (Å²) >= 11 is 0. The van der Waals surface area contributed by atoms with Crippen LogP contribution in [0.2, 0.25) is 0 Å². The first-order chi connectivity index (χ1) is 10.0. The van der Waals surface area contributed by atoms with E-state index in [0.29, 0.717) is 17.8 Å². The van der Waals surface area contributed by atoms with Crippen molar-refractivity contribution in [1.82, 2.24) is 14.8 Å². The van der Waals surface area contributed by atoms with Crippen molar-refractivity contribution in [2.75, 3.05) is 16.8 Å². The number of nitrogens with one attached hydrogen (secondary N) is 1. The van der Waals surface area contributed by atoms with Gasteiger partial charge in [-0.2, -0.15) is 5.10 Å². The molecule has 2 aromatic rings. The van der Waals surface area contributed by atoms with Gasteiger partial charge >= 0.3 is 0 Å². The summed E-state index contributed by atoms with van der Waals surface area (Å²) in [7, 11) is -2.98. The maximum atomic E-state index is 14.1. The van der Waals surface area contributed by atoms with Crippen molar-refractivity contribution in [3.05, 3.63) is 36.7 Å². The van der Waals surface area contributed by atoms with Crippen LogP contribution in [0.25, 0.3) is 5.69 Å². The monoisotopic (exact) mass is 310 g/mol. The molecular formula is C13H15FN4O2S. The first-order valence-electron chi connectivity index (χ1n) is 6.65. The topological polar surface area (TPSA) is 76.9 Å². The molecule has 6 nitrogen and oxygen atoms in total. The Balaban J connectivity index is 1.77. The van der Waals surface area contributed by atoms with Crippen LogP contribution in [0.3, 0.4) is 0 Å². The minimum absolute atomic E-state index is 0.0967. The summed E-state index contributed by atoms with van der Waals surface area (Å²) in [6.45, 7) is 0. The number of hydrogen-bond acceptors (Lipinski definition) is 5. The van der Waals surface area contributed by atoms with Gasteiger partial charge in [-0.1, -0.05) is 0 Å². The fourth-order valence-corrected chi connectivity index (χ4v) is 4.12. The highest BCUT2D eigenvalue weighted by Gasteiger charge is 2.24. The normalized spacial score (nSPS) is 21.1. The molecule has 0 amide bonds. The van der Waals surface area contributed by atoms with Gasteiger partial charge in [0.25, 0.3) is 0 Å². The van der Waals surface area contributed by atoms with Gasteiger partial charge in [-0.3, -0.25) is 0 Å². The fraction of sp³-hybridized carbons (Fsp3) is 0.385. The first kappa shape index (κ1) is 14.0. The van der Waals surface area contributed by atoms with E-state index >= 15 is 0 Å². The summed E-state index contributed by atoms with van der Waals surface area (Å²) < 4.78 is 38.6. The van der Waals surface area contributed by atoms with Crippen molar-refractivity contribution in [3.8, 4) is 5.69 Å².